The third-order valence-corrected chi connectivity index (χ3v) is 5.59. The Hall–Kier alpha value is -5.63. The number of ether oxygens (including phenoxy) is 3. The van der Waals surface area contributed by atoms with Gasteiger partial charge in [-0.3, -0.25) is 0 Å². The smallest absolute Gasteiger partial charge is 0.416 e. The molecule has 0 saturated carbocycles. The third-order valence-electron chi connectivity index (χ3n) is 5.59. The summed E-state index contributed by atoms with van der Waals surface area (Å²) >= 11 is 0. The van der Waals surface area contributed by atoms with Crippen LogP contribution in [0.1, 0.15) is 47.8 Å². The first-order valence-corrected chi connectivity index (χ1v) is 11.7. The molecule has 4 aromatic carbocycles. The number of carbonyl (C=O) groups excluding carboxylic acids is 3. The molecule has 11 heteroatoms. The molecule has 0 amide bonds. The maximum atomic E-state index is 13.0. The van der Waals surface area contributed by atoms with Gasteiger partial charge in [-0.15, -0.1) is 0 Å². The molecule has 0 aliphatic heterocycles. The van der Waals surface area contributed by atoms with Crippen LogP contribution in [-0.2, 0) is 17.5 Å². The Kier molecular flexibility index (Phi) is 8.34. The molecule has 0 aliphatic carbocycles. The Morgan fingerprint density at radius 3 is 1.93 bits per heavy atom. The van der Waals surface area contributed by atoms with E-state index in [1.165, 1.54) is 48.5 Å². The van der Waals surface area contributed by atoms with Gasteiger partial charge < -0.3 is 19.3 Å². The molecule has 4 rings (SSSR count). The Balaban J connectivity index is 1.58. The molecule has 0 fully saturated rings. The summed E-state index contributed by atoms with van der Waals surface area (Å²) < 4.78 is 54.5. The number of alkyl halides is 3. The van der Waals surface area contributed by atoms with Gasteiger partial charge in [0.15, 0.2) is 0 Å². The van der Waals surface area contributed by atoms with Crippen molar-refractivity contribution in [1.29, 1.82) is 5.26 Å². The van der Waals surface area contributed by atoms with E-state index in [0.717, 1.165) is 30.3 Å². The van der Waals surface area contributed by atoms with Crippen molar-refractivity contribution in [1.82, 2.24) is 0 Å². The number of hydrogen-bond acceptors (Lipinski definition) is 8. The van der Waals surface area contributed by atoms with Gasteiger partial charge in [0.05, 0.1) is 28.3 Å². The second kappa shape index (κ2) is 12.0. The number of phenols is 1. The minimum absolute atomic E-state index is 0.0620. The van der Waals surface area contributed by atoms with Crippen LogP contribution in [0.4, 0.5) is 13.2 Å². The van der Waals surface area contributed by atoms with Crippen molar-refractivity contribution in [3.8, 4) is 23.3 Å². The Morgan fingerprint density at radius 1 is 0.756 bits per heavy atom. The minimum atomic E-state index is -4.60. The zero-order chi connectivity index (χ0) is 29.6. The van der Waals surface area contributed by atoms with E-state index >= 15 is 0 Å². The quantitative estimate of drug-likeness (QED) is 0.213. The fourth-order valence-electron chi connectivity index (χ4n) is 3.44. The molecule has 0 aromatic heterocycles. The van der Waals surface area contributed by atoms with Crippen LogP contribution in [0.2, 0.25) is 0 Å². The fraction of sp³-hybridized carbons (Fsp3) is 0.0667. The van der Waals surface area contributed by atoms with Gasteiger partial charge in [0, 0.05) is 0 Å². The number of nitrogens with zero attached hydrogens (tertiary/aromatic N) is 1. The number of nitriles is 1. The van der Waals surface area contributed by atoms with Crippen LogP contribution in [0.15, 0.2) is 91.0 Å². The molecule has 0 atom stereocenters. The zero-order valence-electron chi connectivity index (χ0n) is 20.8. The molecule has 0 saturated heterocycles. The van der Waals surface area contributed by atoms with Gasteiger partial charge in [0.25, 0.3) is 0 Å². The van der Waals surface area contributed by atoms with Crippen molar-refractivity contribution in [2.24, 2.45) is 0 Å². The lowest BCUT2D eigenvalue weighted by Crippen LogP contribution is -2.15. The molecular weight excluding hydrogens is 543 g/mol. The summed E-state index contributed by atoms with van der Waals surface area (Å²) in [5.74, 6) is -3.29. The van der Waals surface area contributed by atoms with Gasteiger partial charge in [-0.05, 0) is 84.4 Å². The van der Waals surface area contributed by atoms with E-state index in [0.29, 0.717) is 11.1 Å². The van der Waals surface area contributed by atoms with E-state index in [1.54, 1.807) is 12.1 Å². The molecule has 8 nitrogen and oxygen atoms in total. The van der Waals surface area contributed by atoms with E-state index in [9.17, 15) is 32.7 Å². The van der Waals surface area contributed by atoms with E-state index in [-0.39, 0.29) is 40.5 Å². The predicted octanol–water partition coefficient (Wildman–Crippen LogP) is 6.08. The van der Waals surface area contributed by atoms with Gasteiger partial charge >= 0.3 is 24.1 Å². The summed E-state index contributed by atoms with van der Waals surface area (Å²) in [6, 6.07) is 20.2. The summed E-state index contributed by atoms with van der Waals surface area (Å²) in [6.07, 6.45) is -4.60. The lowest BCUT2D eigenvalue weighted by Gasteiger charge is -2.13. The number of rotatable bonds is 7. The van der Waals surface area contributed by atoms with Crippen LogP contribution in [0.25, 0.3) is 0 Å². The predicted molar refractivity (Wildman–Crippen MR) is 136 cm³/mol. The normalized spacial score (nSPS) is 10.8. The second-order valence-electron chi connectivity index (χ2n) is 8.44. The largest absolute Gasteiger partial charge is 0.508 e. The highest BCUT2D eigenvalue weighted by molar-refractivity contribution is 5.97. The summed E-state index contributed by atoms with van der Waals surface area (Å²) in [5, 5.41) is 18.3. The van der Waals surface area contributed by atoms with E-state index < -0.39 is 29.6 Å². The van der Waals surface area contributed by atoms with Gasteiger partial charge in [-0.1, -0.05) is 12.1 Å². The van der Waals surface area contributed by atoms with Crippen molar-refractivity contribution in [2.45, 2.75) is 12.8 Å². The van der Waals surface area contributed by atoms with Crippen LogP contribution >= 0.6 is 0 Å². The highest BCUT2D eigenvalue weighted by Gasteiger charge is 2.30. The van der Waals surface area contributed by atoms with Gasteiger partial charge in [0.1, 0.15) is 29.4 Å². The summed E-state index contributed by atoms with van der Waals surface area (Å²) in [5.41, 5.74) is -0.421. The van der Waals surface area contributed by atoms with E-state index in [2.05, 4.69) is 0 Å². The number of carbonyl (C=O) groups is 3. The first kappa shape index (κ1) is 28.4. The minimum Gasteiger partial charge on any atom is -0.508 e. The molecule has 1 N–H and O–H groups in total. The van der Waals surface area contributed by atoms with Crippen LogP contribution in [0.5, 0.6) is 17.2 Å². The lowest BCUT2D eigenvalue weighted by molar-refractivity contribution is -0.137. The molecule has 41 heavy (non-hydrogen) atoms. The molecule has 206 valence electrons. The van der Waals surface area contributed by atoms with Crippen molar-refractivity contribution >= 4 is 17.9 Å². The number of halogens is 3. The summed E-state index contributed by atoms with van der Waals surface area (Å²) in [6.45, 7) is -0.214. The number of esters is 3. The molecular formula is C30H18F3NO7. The van der Waals surface area contributed by atoms with Gasteiger partial charge in [-0.2, -0.15) is 18.4 Å². The fourth-order valence-corrected chi connectivity index (χ4v) is 3.44. The number of benzene rings is 4. The standard InChI is InChI=1S/C30H18F3NO7/c31-30(32,33)22-9-5-20(6-10-22)28(37)41-26-14-13-24(40-27(36)21-7-11-23(35)12-8-21)15-25(26)29(38)39-17-19-3-1-18(16-34)2-4-19/h1-15,35H,17H2. The van der Waals surface area contributed by atoms with E-state index in [4.69, 9.17) is 19.5 Å². The lowest BCUT2D eigenvalue weighted by atomic mass is 10.1. The number of hydrogen-bond donors (Lipinski definition) is 1. The molecule has 0 unspecified atom stereocenters. The number of phenolic OH excluding ortho intramolecular Hbond substituents is 1. The van der Waals surface area contributed by atoms with Crippen LogP contribution in [0, 0.1) is 11.3 Å². The Labute approximate surface area is 230 Å². The molecule has 4 aromatic rings. The first-order valence-electron chi connectivity index (χ1n) is 11.7. The highest BCUT2D eigenvalue weighted by atomic mass is 19.4. The van der Waals surface area contributed by atoms with Gasteiger partial charge in [-0.25, -0.2) is 14.4 Å². The molecule has 0 spiro atoms. The molecule has 0 heterocycles. The maximum absolute atomic E-state index is 13.0. The Bertz CT molecular complexity index is 1620. The monoisotopic (exact) mass is 561 g/mol. The van der Waals surface area contributed by atoms with Crippen molar-refractivity contribution in [3.63, 3.8) is 0 Å². The maximum Gasteiger partial charge on any atom is 0.416 e. The topological polar surface area (TPSA) is 123 Å². The molecule has 0 aliphatic rings. The second-order valence-corrected chi connectivity index (χ2v) is 8.44. The summed E-state index contributed by atoms with van der Waals surface area (Å²) in [4.78, 5) is 38.2. The first-order chi connectivity index (χ1) is 19.5. The Morgan fingerprint density at radius 2 is 1.34 bits per heavy atom. The summed E-state index contributed by atoms with van der Waals surface area (Å²) in [7, 11) is 0. The van der Waals surface area contributed by atoms with Crippen molar-refractivity contribution < 1.29 is 46.9 Å². The van der Waals surface area contributed by atoms with E-state index in [1.807, 2.05) is 6.07 Å². The van der Waals surface area contributed by atoms with Crippen LogP contribution < -0.4 is 9.47 Å². The molecule has 0 bridgehead atoms. The SMILES string of the molecule is N#Cc1ccc(COC(=O)c2cc(OC(=O)c3ccc(O)cc3)ccc2OC(=O)c2ccc(C(F)(F)F)cc2)cc1. The number of aromatic hydroxyl groups is 1. The van der Waals surface area contributed by atoms with Crippen LogP contribution in [-0.4, -0.2) is 23.0 Å². The third kappa shape index (κ3) is 7.27. The average Bonchev–Trinajstić information content (AvgIpc) is 2.96. The van der Waals surface area contributed by atoms with Crippen molar-refractivity contribution in [2.75, 3.05) is 0 Å². The average molecular weight is 561 g/mol. The highest BCUT2D eigenvalue weighted by Crippen LogP contribution is 2.30. The van der Waals surface area contributed by atoms with Crippen LogP contribution in [0.3, 0.4) is 0 Å². The molecule has 0 radical (unpaired) electrons. The zero-order valence-corrected chi connectivity index (χ0v) is 20.8. The van der Waals surface area contributed by atoms with Crippen molar-refractivity contribution in [3.05, 3.63) is 124 Å². The van der Waals surface area contributed by atoms with Gasteiger partial charge in [0.2, 0.25) is 0 Å².